The normalized spacial score (nSPS) is 21.5. The van der Waals surface area contributed by atoms with Crippen LogP contribution in [0.4, 0.5) is 17.3 Å². The van der Waals surface area contributed by atoms with Gasteiger partial charge in [0.15, 0.2) is 0 Å². The number of rotatable bonds is 3. The molecule has 0 radical (unpaired) electrons. The van der Waals surface area contributed by atoms with Gasteiger partial charge in [0, 0.05) is 19.8 Å². The van der Waals surface area contributed by atoms with Gasteiger partial charge in [-0.1, -0.05) is 13.0 Å². The molecule has 3 rings (SSSR count). The van der Waals surface area contributed by atoms with Crippen LogP contribution in [-0.4, -0.2) is 40.3 Å². The highest BCUT2D eigenvalue weighted by molar-refractivity contribution is 6.39. The first-order valence-electron chi connectivity index (χ1n) is 9.74. The van der Waals surface area contributed by atoms with Crippen LogP contribution in [0.5, 0.6) is 0 Å². The number of nitrogens with two attached hydrogens (primary N) is 1. The van der Waals surface area contributed by atoms with Gasteiger partial charge < -0.3 is 21.3 Å². The number of hydrogen-bond acceptors (Lipinski definition) is 6. The van der Waals surface area contributed by atoms with Crippen molar-refractivity contribution in [2.75, 3.05) is 30.0 Å². The Bertz CT molecular complexity index is 914. The number of anilines is 3. The van der Waals surface area contributed by atoms with Gasteiger partial charge in [0.25, 0.3) is 0 Å². The van der Waals surface area contributed by atoms with Crippen molar-refractivity contribution >= 4 is 29.1 Å². The number of piperidine rings is 1. The van der Waals surface area contributed by atoms with Gasteiger partial charge >= 0.3 is 11.8 Å². The summed E-state index contributed by atoms with van der Waals surface area (Å²) >= 11 is 0. The molecule has 0 bridgehead atoms. The van der Waals surface area contributed by atoms with Crippen molar-refractivity contribution in [3.05, 3.63) is 41.7 Å². The van der Waals surface area contributed by atoms with Gasteiger partial charge in [-0.3, -0.25) is 9.59 Å². The lowest BCUT2D eigenvalue weighted by atomic mass is 9.79. The average Bonchev–Trinajstić information content (AvgIpc) is 2.72. The number of nitrogens with one attached hydrogen (secondary N) is 2. The van der Waals surface area contributed by atoms with E-state index in [4.69, 9.17) is 5.73 Å². The second-order valence-electron chi connectivity index (χ2n) is 7.90. The Morgan fingerprint density at radius 3 is 2.66 bits per heavy atom. The molecule has 3 heterocycles. The molecule has 8 heteroatoms. The van der Waals surface area contributed by atoms with Crippen molar-refractivity contribution < 1.29 is 9.59 Å². The summed E-state index contributed by atoms with van der Waals surface area (Å²) in [5.74, 6) is 0.208. The van der Waals surface area contributed by atoms with Crippen LogP contribution in [-0.2, 0) is 15.1 Å². The standard InChI is InChI=1S/C21H28N6O2/c1-13-7-8-21(3,15-5-6-17(23-4)24-10-15)27(12-13)20(29)19(28)26-16-9-14(2)18(22)25-11-16/h5-6,9-11,13H,7-8,12H2,1-4H3,(H2,22,25)(H,23,24)(H,26,28)/t13-,21-/m0/s1. The van der Waals surface area contributed by atoms with Crippen molar-refractivity contribution in [3.63, 3.8) is 0 Å². The number of nitrogens with zero attached hydrogens (tertiary/aromatic N) is 3. The first kappa shape index (κ1) is 20.6. The van der Waals surface area contributed by atoms with E-state index >= 15 is 0 Å². The highest BCUT2D eigenvalue weighted by Gasteiger charge is 2.43. The van der Waals surface area contributed by atoms with E-state index in [0.717, 1.165) is 29.8 Å². The summed E-state index contributed by atoms with van der Waals surface area (Å²) < 4.78 is 0. The van der Waals surface area contributed by atoms with Gasteiger partial charge in [-0.15, -0.1) is 0 Å². The predicted molar refractivity (Wildman–Crippen MR) is 113 cm³/mol. The van der Waals surface area contributed by atoms with E-state index in [1.807, 2.05) is 19.1 Å². The third kappa shape index (κ3) is 4.16. The van der Waals surface area contributed by atoms with Gasteiger partial charge in [0.05, 0.1) is 17.4 Å². The minimum atomic E-state index is -0.684. The molecule has 2 aromatic rings. The molecule has 2 atom stereocenters. The van der Waals surface area contributed by atoms with Crippen LogP contribution in [0.15, 0.2) is 30.6 Å². The molecule has 1 saturated heterocycles. The van der Waals surface area contributed by atoms with Crippen molar-refractivity contribution in [2.45, 2.75) is 39.2 Å². The smallest absolute Gasteiger partial charge is 0.313 e. The van der Waals surface area contributed by atoms with Gasteiger partial charge in [-0.25, -0.2) is 9.97 Å². The highest BCUT2D eigenvalue weighted by atomic mass is 16.2. The number of aromatic nitrogens is 2. The van der Waals surface area contributed by atoms with Crippen LogP contribution in [0.2, 0.25) is 0 Å². The number of aryl methyl sites for hydroxylation is 1. The molecular weight excluding hydrogens is 368 g/mol. The molecule has 0 saturated carbocycles. The third-order valence-corrected chi connectivity index (χ3v) is 5.67. The quantitative estimate of drug-likeness (QED) is 0.687. The molecule has 8 nitrogen and oxygen atoms in total. The third-order valence-electron chi connectivity index (χ3n) is 5.67. The van der Waals surface area contributed by atoms with E-state index in [9.17, 15) is 9.59 Å². The van der Waals surface area contributed by atoms with Gasteiger partial charge in [0.2, 0.25) is 0 Å². The van der Waals surface area contributed by atoms with E-state index in [0.29, 0.717) is 24.0 Å². The minimum Gasteiger partial charge on any atom is -0.383 e. The zero-order valence-electron chi connectivity index (χ0n) is 17.3. The molecule has 4 N–H and O–H groups in total. The van der Waals surface area contributed by atoms with E-state index in [-0.39, 0.29) is 0 Å². The van der Waals surface area contributed by atoms with E-state index in [2.05, 4.69) is 27.5 Å². The number of likely N-dealkylation sites (tertiary alicyclic amines) is 1. The average molecular weight is 396 g/mol. The van der Waals surface area contributed by atoms with Crippen LogP contribution < -0.4 is 16.4 Å². The number of hydrogen-bond donors (Lipinski definition) is 3. The lowest BCUT2D eigenvalue weighted by Gasteiger charge is -2.46. The molecule has 1 aliphatic rings. The van der Waals surface area contributed by atoms with Crippen molar-refractivity contribution in [2.24, 2.45) is 5.92 Å². The molecule has 154 valence electrons. The molecule has 2 aromatic heterocycles. The lowest BCUT2D eigenvalue weighted by Crippen LogP contribution is -2.55. The number of pyridine rings is 2. The maximum Gasteiger partial charge on any atom is 0.313 e. The number of carbonyl (C=O) groups is 2. The topological polar surface area (TPSA) is 113 Å². The molecule has 0 aromatic carbocycles. The summed E-state index contributed by atoms with van der Waals surface area (Å²) in [6.07, 6.45) is 4.95. The molecular formula is C21H28N6O2. The summed E-state index contributed by atoms with van der Waals surface area (Å²) in [4.78, 5) is 36.0. The first-order valence-corrected chi connectivity index (χ1v) is 9.74. The van der Waals surface area contributed by atoms with Crippen LogP contribution >= 0.6 is 0 Å². The number of carbonyl (C=O) groups excluding carboxylic acids is 2. The van der Waals surface area contributed by atoms with E-state index in [1.165, 1.54) is 6.20 Å². The monoisotopic (exact) mass is 396 g/mol. The SMILES string of the molecule is CNc1ccc([C@]2(C)CC[C@H](C)CN2C(=O)C(=O)Nc2cnc(N)c(C)c2)cn1. The van der Waals surface area contributed by atoms with Crippen molar-refractivity contribution in [3.8, 4) is 0 Å². The molecule has 0 unspecified atom stereocenters. The maximum atomic E-state index is 13.1. The summed E-state index contributed by atoms with van der Waals surface area (Å²) in [6.45, 7) is 6.39. The highest BCUT2D eigenvalue weighted by Crippen LogP contribution is 2.39. The predicted octanol–water partition coefficient (Wildman–Crippen LogP) is 2.52. The Hall–Kier alpha value is -3.16. The first-order chi connectivity index (χ1) is 13.7. The molecule has 2 amide bonds. The fraction of sp³-hybridized carbons (Fsp3) is 0.429. The summed E-state index contributed by atoms with van der Waals surface area (Å²) in [6, 6.07) is 5.54. The van der Waals surface area contributed by atoms with E-state index in [1.54, 1.807) is 31.1 Å². The summed E-state index contributed by atoms with van der Waals surface area (Å²) in [5.41, 5.74) is 7.22. The summed E-state index contributed by atoms with van der Waals surface area (Å²) in [7, 11) is 1.81. The van der Waals surface area contributed by atoms with Gasteiger partial charge in [-0.05, 0) is 55.9 Å². The Kier molecular flexibility index (Phi) is 5.72. The van der Waals surface area contributed by atoms with Crippen molar-refractivity contribution in [1.29, 1.82) is 0 Å². The van der Waals surface area contributed by atoms with E-state index < -0.39 is 17.4 Å². The second kappa shape index (κ2) is 8.06. The Balaban J connectivity index is 1.85. The number of nitrogen functional groups attached to an aromatic ring is 1. The summed E-state index contributed by atoms with van der Waals surface area (Å²) in [5, 5.41) is 5.65. The number of amides is 2. The molecule has 0 aliphatic carbocycles. The zero-order chi connectivity index (χ0) is 21.2. The second-order valence-corrected chi connectivity index (χ2v) is 7.90. The Labute approximate surface area is 170 Å². The minimum absolute atomic E-state index is 0.310. The van der Waals surface area contributed by atoms with Crippen LogP contribution in [0, 0.1) is 12.8 Å². The lowest BCUT2D eigenvalue weighted by molar-refractivity contribution is -0.150. The van der Waals surface area contributed by atoms with Crippen LogP contribution in [0.25, 0.3) is 0 Å². The van der Waals surface area contributed by atoms with Gasteiger partial charge in [-0.2, -0.15) is 0 Å². The van der Waals surface area contributed by atoms with Crippen molar-refractivity contribution in [1.82, 2.24) is 14.9 Å². The molecule has 29 heavy (non-hydrogen) atoms. The van der Waals surface area contributed by atoms with Gasteiger partial charge in [0.1, 0.15) is 11.6 Å². The Morgan fingerprint density at radius 2 is 2.03 bits per heavy atom. The fourth-order valence-corrected chi connectivity index (χ4v) is 3.70. The van der Waals surface area contributed by atoms with Crippen LogP contribution in [0.1, 0.15) is 37.8 Å². The van der Waals surface area contributed by atoms with Crippen LogP contribution in [0.3, 0.4) is 0 Å². The zero-order valence-corrected chi connectivity index (χ0v) is 17.3. The Morgan fingerprint density at radius 1 is 1.28 bits per heavy atom. The molecule has 0 spiro atoms. The molecule has 1 aliphatic heterocycles. The largest absolute Gasteiger partial charge is 0.383 e. The fourth-order valence-electron chi connectivity index (χ4n) is 3.70. The molecule has 1 fully saturated rings. The maximum absolute atomic E-state index is 13.1.